The average molecular weight is 363 g/mol. The van der Waals surface area contributed by atoms with Gasteiger partial charge in [0.15, 0.2) is 5.17 Å². The Morgan fingerprint density at radius 2 is 1.81 bits per heavy atom. The number of anilines is 1. The van der Waals surface area contributed by atoms with Gasteiger partial charge in [-0.3, -0.25) is 4.79 Å². The Hall–Kier alpha value is -2.53. The van der Waals surface area contributed by atoms with Crippen molar-refractivity contribution in [2.24, 2.45) is 4.99 Å². The van der Waals surface area contributed by atoms with E-state index >= 15 is 0 Å². The Bertz CT molecular complexity index is 880. The number of hydrogen-bond acceptors (Lipinski definition) is 4. The molecule has 26 heavy (non-hydrogen) atoms. The standard InChI is InChI=1S/C21H21N3OS/c1-15-6-2-3-7-18(15)22-21-23-20(25)19(26-21)14-16-8-10-17(11-9-16)24-12-4-5-13-24/h2-3,6-11,14H,4-5,12-13H2,1H3,(H,22,23,25)/b19-14-. The lowest BCUT2D eigenvalue weighted by atomic mass is 10.2. The number of rotatable bonds is 3. The minimum absolute atomic E-state index is 0.0917. The maximum Gasteiger partial charge on any atom is 0.264 e. The van der Waals surface area contributed by atoms with Crippen LogP contribution in [0.5, 0.6) is 0 Å². The van der Waals surface area contributed by atoms with Crippen molar-refractivity contribution in [3.8, 4) is 0 Å². The Balaban J connectivity index is 1.51. The number of nitrogens with zero attached hydrogens (tertiary/aromatic N) is 2. The van der Waals surface area contributed by atoms with Crippen LogP contribution in [0.4, 0.5) is 11.4 Å². The van der Waals surface area contributed by atoms with Gasteiger partial charge in [0, 0.05) is 18.8 Å². The highest BCUT2D eigenvalue weighted by molar-refractivity contribution is 8.18. The first-order chi connectivity index (χ1) is 12.7. The van der Waals surface area contributed by atoms with Gasteiger partial charge in [-0.15, -0.1) is 0 Å². The van der Waals surface area contributed by atoms with Crippen LogP contribution in [0.15, 0.2) is 58.4 Å². The molecule has 0 aromatic heterocycles. The molecule has 0 unspecified atom stereocenters. The molecule has 2 saturated heterocycles. The van der Waals surface area contributed by atoms with Gasteiger partial charge < -0.3 is 10.2 Å². The zero-order valence-electron chi connectivity index (χ0n) is 14.7. The number of aryl methyl sites for hydroxylation is 1. The normalized spacial score (nSPS) is 20.2. The Labute approximate surface area is 158 Å². The molecule has 2 aromatic rings. The monoisotopic (exact) mass is 363 g/mol. The van der Waals surface area contributed by atoms with Crippen LogP contribution in [0.2, 0.25) is 0 Å². The number of carbonyl (C=O) groups excluding carboxylic acids is 1. The van der Waals surface area contributed by atoms with E-state index in [4.69, 9.17) is 0 Å². The molecule has 2 heterocycles. The SMILES string of the molecule is Cc1ccccc1N=C1NC(=O)/C(=C/c2ccc(N3CCCC3)cc2)S1. The molecule has 0 aliphatic carbocycles. The van der Waals surface area contributed by atoms with Gasteiger partial charge in [0.2, 0.25) is 0 Å². The summed E-state index contributed by atoms with van der Waals surface area (Å²) in [5.74, 6) is -0.0917. The second kappa shape index (κ2) is 7.38. The number of aliphatic imine (C=N–C) groups is 1. The van der Waals surface area contributed by atoms with E-state index in [-0.39, 0.29) is 5.91 Å². The predicted molar refractivity (Wildman–Crippen MR) is 110 cm³/mol. The molecular formula is C21H21N3OS. The summed E-state index contributed by atoms with van der Waals surface area (Å²) in [7, 11) is 0. The smallest absolute Gasteiger partial charge is 0.264 e. The molecule has 2 aromatic carbocycles. The minimum Gasteiger partial charge on any atom is -0.372 e. The first-order valence-electron chi connectivity index (χ1n) is 8.89. The summed E-state index contributed by atoms with van der Waals surface area (Å²) in [6, 6.07) is 16.3. The zero-order chi connectivity index (χ0) is 17.9. The first kappa shape index (κ1) is 16.9. The summed E-state index contributed by atoms with van der Waals surface area (Å²) < 4.78 is 0. The van der Waals surface area contributed by atoms with Gasteiger partial charge in [0.1, 0.15) is 0 Å². The van der Waals surface area contributed by atoms with Crippen LogP contribution in [0, 0.1) is 6.92 Å². The first-order valence-corrected chi connectivity index (χ1v) is 9.71. The van der Waals surface area contributed by atoms with E-state index in [9.17, 15) is 4.79 Å². The van der Waals surface area contributed by atoms with E-state index < -0.39 is 0 Å². The van der Waals surface area contributed by atoms with Crippen molar-refractivity contribution in [3.63, 3.8) is 0 Å². The lowest BCUT2D eigenvalue weighted by Crippen LogP contribution is -2.19. The molecule has 2 aliphatic rings. The molecule has 2 aliphatic heterocycles. The largest absolute Gasteiger partial charge is 0.372 e. The number of hydrogen-bond donors (Lipinski definition) is 1. The van der Waals surface area contributed by atoms with Crippen LogP contribution in [0.1, 0.15) is 24.0 Å². The molecular weight excluding hydrogens is 342 g/mol. The summed E-state index contributed by atoms with van der Waals surface area (Å²) >= 11 is 1.39. The number of thioether (sulfide) groups is 1. The average Bonchev–Trinajstić information content (AvgIpc) is 3.28. The van der Waals surface area contributed by atoms with Crippen LogP contribution in [-0.4, -0.2) is 24.2 Å². The Morgan fingerprint density at radius 1 is 1.08 bits per heavy atom. The van der Waals surface area contributed by atoms with Crippen LogP contribution >= 0.6 is 11.8 Å². The van der Waals surface area contributed by atoms with Crippen molar-refractivity contribution >= 4 is 40.3 Å². The van der Waals surface area contributed by atoms with E-state index in [2.05, 4.69) is 39.5 Å². The van der Waals surface area contributed by atoms with Crippen LogP contribution in [0.25, 0.3) is 6.08 Å². The highest BCUT2D eigenvalue weighted by atomic mass is 32.2. The van der Waals surface area contributed by atoms with Crippen molar-refractivity contribution in [1.82, 2.24) is 5.32 Å². The van der Waals surface area contributed by atoms with Crippen molar-refractivity contribution in [3.05, 3.63) is 64.6 Å². The van der Waals surface area contributed by atoms with E-state index in [1.54, 1.807) is 0 Å². The van der Waals surface area contributed by atoms with Crippen LogP contribution in [0.3, 0.4) is 0 Å². The van der Waals surface area contributed by atoms with Crippen LogP contribution < -0.4 is 10.2 Å². The Morgan fingerprint density at radius 3 is 2.54 bits per heavy atom. The van der Waals surface area contributed by atoms with Crippen molar-refractivity contribution in [1.29, 1.82) is 0 Å². The molecule has 0 spiro atoms. The maximum atomic E-state index is 12.3. The van der Waals surface area contributed by atoms with Crippen molar-refractivity contribution in [2.75, 3.05) is 18.0 Å². The van der Waals surface area contributed by atoms with Gasteiger partial charge in [0.25, 0.3) is 5.91 Å². The molecule has 2 fully saturated rings. The van der Waals surface area contributed by atoms with Crippen molar-refractivity contribution in [2.45, 2.75) is 19.8 Å². The summed E-state index contributed by atoms with van der Waals surface area (Å²) in [4.78, 5) is 19.9. The minimum atomic E-state index is -0.0917. The van der Waals surface area contributed by atoms with Gasteiger partial charge in [-0.25, -0.2) is 4.99 Å². The topological polar surface area (TPSA) is 44.7 Å². The van der Waals surface area contributed by atoms with Crippen LogP contribution in [-0.2, 0) is 4.79 Å². The van der Waals surface area contributed by atoms with Gasteiger partial charge in [0.05, 0.1) is 10.6 Å². The van der Waals surface area contributed by atoms with E-state index in [1.165, 1.54) is 30.3 Å². The molecule has 0 atom stereocenters. The lowest BCUT2D eigenvalue weighted by molar-refractivity contribution is -0.115. The van der Waals surface area contributed by atoms with Gasteiger partial charge in [-0.05, 0) is 66.9 Å². The van der Waals surface area contributed by atoms with Gasteiger partial charge >= 0.3 is 0 Å². The molecule has 1 amide bonds. The fraction of sp³-hybridized carbons (Fsp3) is 0.238. The van der Waals surface area contributed by atoms with E-state index in [1.807, 2.05) is 37.3 Å². The fourth-order valence-corrected chi connectivity index (χ4v) is 4.02. The van der Waals surface area contributed by atoms with Gasteiger partial charge in [-0.2, -0.15) is 0 Å². The number of amidine groups is 1. The summed E-state index contributed by atoms with van der Waals surface area (Å²) in [5, 5.41) is 3.48. The third-order valence-electron chi connectivity index (χ3n) is 4.65. The third kappa shape index (κ3) is 3.68. The highest BCUT2D eigenvalue weighted by Gasteiger charge is 2.24. The number of benzene rings is 2. The molecule has 5 heteroatoms. The molecule has 4 rings (SSSR count). The third-order valence-corrected chi connectivity index (χ3v) is 5.56. The second-order valence-electron chi connectivity index (χ2n) is 6.55. The molecule has 0 saturated carbocycles. The van der Waals surface area contributed by atoms with Gasteiger partial charge in [-0.1, -0.05) is 30.3 Å². The fourth-order valence-electron chi connectivity index (χ4n) is 3.19. The van der Waals surface area contributed by atoms with E-state index in [0.29, 0.717) is 10.1 Å². The molecule has 0 bridgehead atoms. The number of carbonyl (C=O) groups is 1. The number of nitrogens with one attached hydrogen (secondary N) is 1. The Kier molecular flexibility index (Phi) is 4.80. The predicted octanol–water partition coefficient (Wildman–Crippen LogP) is 4.49. The lowest BCUT2D eigenvalue weighted by Gasteiger charge is -2.17. The molecule has 1 N–H and O–H groups in total. The quantitative estimate of drug-likeness (QED) is 0.818. The maximum absolute atomic E-state index is 12.3. The number of amides is 1. The number of para-hydroxylation sites is 1. The van der Waals surface area contributed by atoms with E-state index in [0.717, 1.165) is 29.9 Å². The summed E-state index contributed by atoms with van der Waals surface area (Å²) in [6.07, 6.45) is 4.46. The summed E-state index contributed by atoms with van der Waals surface area (Å²) in [6.45, 7) is 4.29. The zero-order valence-corrected chi connectivity index (χ0v) is 15.6. The summed E-state index contributed by atoms with van der Waals surface area (Å²) in [5.41, 5.74) is 4.26. The second-order valence-corrected chi connectivity index (χ2v) is 7.58. The molecule has 0 radical (unpaired) electrons. The highest BCUT2D eigenvalue weighted by Crippen LogP contribution is 2.29. The van der Waals surface area contributed by atoms with Crippen molar-refractivity contribution < 1.29 is 4.79 Å². The molecule has 132 valence electrons. The molecule has 4 nitrogen and oxygen atoms in total.